The average molecular weight is 372 g/mol. The van der Waals surface area contributed by atoms with Gasteiger partial charge in [-0.2, -0.15) is 4.73 Å². The number of hydrogen-bond acceptors (Lipinski definition) is 3. The normalized spacial score (nSPS) is 12.1. The lowest BCUT2D eigenvalue weighted by Crippen LogP contribution is -2.21. The van der Waals surface area contributed by atoms with Crippen molar-refractivity contribution in [2.24, 2.45) is 0 Å². The summed E-state index contributed by atoms with van der Waals surface area (Å²) in [7, 11) is 0. The van der Waals surface area contributed by atoms with Crippen molar-refractivity contribution in [2.75, 3.05) is 5.32 Å². The molecule has 0 spiro atoms. The third-order valence-electron chi connectivity index (χ3n) is 4.15. The Morgan fingerprint density at radius 3 is 2.92 bits per heavy atom. The molecule has 136 valence electrons. The molecule has 1 amide bonds. The molecular formula is C20H22ClN3O2. The molecule has 2 aromatic heterocycles. The van der Waals surface area contributed by atoms with E-state index < -0.39 is 0 Å². The Balaban J connectivity index is 1.81. The van der Waals surface area contributed by atoms with E-state index in [-0.39, 0.29) is 18.4 Å². The highest BCUT2D eigenvalue weighted by Crippen LogP contribution is 2.23. The molecule has 6 heteroatoms. The van der Waals surface area contributed by atoms with Gasteiger partial charge in [0.2, 0.25) is 5.91 Å². The summed E-state index contributed by atoms with van der Waals surface area (Å²) in [5.41, 5.74) is 2.43. The van der Waals surface area contributed by atoms with E-state index in [4.69, 9.17) is 16.4 Å². The molecule has 0 fully saturated rings. The van der Waals surface area contributed by atoms with E-state index >= 15 is 0 Å². The zero-order chi connectivity index (χ0) is 18.5. The van der Waals surface area contributed by atoms with Crippen LogP contribution in [0.1, 0.15) is 32.3 Å². The number of carbonyl (C=O) groups excluding carboxylic acids is 1. The maximum atomic E-state index is 12.5. The lowest BCUT2D eigenvalue weighted by molar-refractivity contribution is -0.115. The molecule has 1 unspecified atom stereocenters. The third-order valence-corrected chi connectivity index (χ3v) is 4.45. The topological polar surface area (TPSA) is 56.1 Å². The predicted molar refractivity (Wildman–Crippen MR) is 104 cm³/mol. The van der Waals surface area contributed by atoms with Gasteiger partial charge in [0.15, 0.2) is 0 Å². The predicted octanol–water partition coefficient (Wildman–Crippen LogP) is 4.49. The fourth-order valence-corrected chi connectivity index (χ4v) is 3.11. The van der Waals surface area contributed by atoms with Gasteiger partial charge in [0, 0.05) is 24.0 Å². The van der Waals surface area contributed by atoms with Crippen LogP contribution in [0, 0.1) is 0 Å². The number of para-hydroxylation sites is 1. The zero-order valence-corrected chi connectivity index (χ0v) is 15.7. The largest absolute Gasteiger partial charge is 0.411 e. The SMILES string of the molecule is CCCC(C)On1cc(CC(=O)Nc2ccncc2Cl)c2ccccc21. The van der Waals surface area contributed by atoms with E-state index in [0.717, 1.165) is 29.3 Å². The summed E-state index contributed by atoms with van der Waals surface area (Å²) >= 11 is 6.06. The Bertz CT molecular complexity index is 907. The molecule has 0 aliphatic rings. The number of pyridine rings is 1. The average Bonchev–Trinajstić information content (AvgIpc) is 2.95. The molecule has 0 radical (unpaired) electrons. The van der Waals surface area contributed by atoms with Crippen LogP contribution in [0.3, 0.4) is 0 Å². The fraction of sp³-hybridized carbons (Fsp3) is 0.300. The first-order valence-corrected chi connectivity index (χ1v) is 9.11. The Hall–Kier alpha value is -2.53. The molecule has 3 aromatic rings. The number of nitrogens with zero attached hydrogens (tertiary/aromatic N) is 2. The Morgan fingerprint density at radius 1 is 1.35 bits per heavy atom. The summed E-state index contributed by atoms with van der Waals surface area (Å²) in [5.74, 6) is -0.136. The summed E-state index contributed by atoms with van der Waals surface area (Å²) in [6.45, 7) is 4.18. The Morgan fingerprint density at radius 2 is 2.15 bits per heavy atom. The minimum atomic E-state index is -0.136. The maximum Gasteiger partial charge on any atom is 0.228 e. The first-order valence-electron chi connectivity index (χ1n) is 8.74. The van der Waals surface area contributed by atoms with Gasteiger partial charge in [-0.25, -0.2) is 0 Å². The first kappa shape index (κ1) is 18.3. The molecular weight excluding hydrogens is 350 g/mol. The van der Waals surface area contributed by atoms with Crippen LogP contribution in [0.2, 0.25) is 5.02 Å². The smallest absolute Gasteiger partial charge is 0.228 e. The fourth-order valence-electron chi connectivity index (χ4n) is 2.94. The van der Waals surface area contributed by atoms with Crippen molar-refractivity contribution in [2.45, 2.75) is 39.2 Å². The lowest BCUT2D eigenvalue weighted by atomic mass is 10.1. The second-order valence-corrected chi connectivity index (χ2v) is 6.69. The van der Waals surface area contributed by atoms with Gasteiger partial charge in [-0.15, -0.1) is 0 Å². The molecule has 26 heavy (non-hydrogen) atoms. The van der Waals surface area contributed by atoms with Gasteiger partial charge in [-0.3, -0.25) is 9.78 Å². The zero-order valence-electron chi connectivity index (χ0n) is 14.9. The van der Waals surface area contributed by atoms with E-state index in [9.17, 15) is 4.79 Å². The molecule has 2 heterocycles. The van der Waals surface area contributed by atoms with Crippen molar-refractivity contribution in [3.63, 3.8) is 0 Å². The van der Waals surface area contributed by atoms with Crippen molar-refractivity contribution < 1.29 is 9.63 Å². The van der Waals surface area contributed by atoms with E-state index in [1.165, 1.54) is 6.20 Å². The van der Waals surface area contributed by atoms with Crippen molar-refractivity contribution >= 4 is 34.1 Å². The van der Waals surface area contributed by atoms with E-state index in [0.29, 0.717) is 10.7 Å². The molecule has 0 saturated heterocycles. The van der Waals surface area contributed by atoms with Crippen LogP contribution in [0.4, 0.5) is 5.69 Å². The molecule has 0 aliphatic carbocycles. The molecule has 5 nitrogen and oxygen atoms in total. The van der Waals surface area contributed by atoms with E-state index in [2.05, 4.69) is 24.1 Å². The molecule has 0 saturated carbocycles. The molecule has 0 bridgehead atoms. The summed E-state index contributed by atoms with van der Waals surface area (Å²) in [6, 6.07) is 9.60. The van der Waals surface area contributed by atoms with E-state index in [1.54, 1.807) is 17.0 Å². The highest BCUT2D eigenvalue weighted by atomic mass is 35.5. The monoisotopic (exact) mass is 371 g/mol. The molecule has 3 rings (SSSR count). The lowest BCUT2D eigenvalue weighted by Gasteiger charge is -2.14. The standard InChI is InChI=1S/C20H22ClN3O2/c1-3-6-14(2)26-24-13-15(16-7-4-5-8-19(16)24)11-20(25)23-18-9-10-22-12-17(18)21/h4-5,7-10,12-14H,3,6,11H2,1-2H3,(H,22,23,25). The number of nitrogens with one attached hydrogen (secondary N) is 1. The van der Waals surface area contributed by atoms with Crippen LogP contribution in [-0.2, 0) is 11.2 Å². The molecule has 1 N–H and O–H groups in total. The summed E-state index contributed by atoms with van der Waals surface area (Å²) in [4.78, 5) is 22.4. The molecule has 1 atom stereocenters. The van der Waals surface area contributed by atoms with Crippen LogP contribution >= 0.6 is 11.6 Å². The van der Waals surface area contributed by atoms with Gasteiger partial charge in [0.1, 0.15) is 6.10 Å². The number of halogens is 1. The minimum Gasteiger partial charge on any atom is -0.411 e. The number of fused-ring (bicyclic) bond motifs is 1. The third kappa shape index (κ3) is 4.17. The highest BCUT2D eigenvalue weighted by molar-refractivity contribution is 6.33. The Kier molecular flexibility index (Phi) is 5.78. The second kappa shape index (κ2) is 8.23. The highest BCUT2D eigenvalue weighted by Gasteiger charge is 2.15. The number of aromatic nitrogens is 2. The number of carbonyl (C=O) groups is 1. The van der Waals surface area contributed by atoms with Crippen molar-refractivity contribution in [1.29, 1.82) is 0 Å². The summed E-state index contributed by atoms with van der Waals surface area (Å²) in [6.07, 6.45) is 7.36. The van der Waals surface area contributed by atoms with Crippen LogP contribution in [-0.4, -0.2) is 21.7 Å². The second-order valence-electron chi connectivity index (χ2n) is 6.28. The number of amides is 1. The minimum absolute atomic E-state index is 0.105. The van der Waals surface area contributed by atoms with Crippen LogP contribution < -0.4 is 10.2 Å². The van der Waals surface area contributed by atoms with Crippen LogP contribution in [0.5, 0.6) is 0 Å². The van der Waals surface area contributed by atoms with Crippen molar-refractivity contribution in [3.05, 3.63) is 59.5 Å². The molecule has 1 aromatic carbocycles. The van der Waals surface area contributed by atoms with Crippen molar-refractivity contribution in [1.82, 2.24) is 9.71 Å². The number of benzene rings is 1. The summed E-state index contributed by atoms with van der Waals surface area (Å²) < 4.78 is 1.78. The van der Waals surface area contributed by atoms with Crippen LogP contribution in [0.25, 0.3) is 10.9 Å². The number of rotatable bonds is 7. The van der Waals surface area contributed by atoms with Gasteiger partial charge in [0.05, 0.1) is 22.6 Å². The van der Waals surface area contributed by atoms with Gasteiger partial charge in [-0.1, -0.05) is 43.1 Å². The maximum absolute atomic E-state index is 12.5. The quantitative estimate of drug-likeness (QED) is 0.665. The van der Waals surface area contributed by atoms with Crippen LogP contribution in [0.15, 0.2) is 48.9 Å². The Labute approximate surface area is 157 Å². The summed E-state index contributed by atoms with van der Waals surface area (Å²) in [5, 5.41) is 4.26. The first-order chi connectivity index (χ1) is 12.6. The van der Waals surface area contributed by atoms with Gasteiger partial charge >= 0.3 is 0 Å². The number of anilines is 1. The molecule has 0 aliphatic heterocycles. The van der Waals surface area contributed by atoms with Crippen molar-refractivity contribution in [3.8, 4) is 0 Å². The van der Waals surface area contributed by atoms with Gasteiger partial charge in [0.25, 0.3) is 0 Å². The van der Waals surface area contributed by atoms with Gasteiger partial charge < -0.3 is 10.2 Å². The van der Waals surface area contributed by atoms with E-state index in [1.807, 2.05) is 30.5 Å². The van der Waals surface area contributed by atoms with Gasteiger partial charge in [-0.05, 0) is 31.0 Å². The number of hydrogen-bond donors (Lipinski definition) is 1.